The van der Waals surface area contributed by atoms with Gasteiger partial charge in [0.1, 0.15) is 11.6 Å². The molecule has 5 nitrogen and oxygen atoms in total. The molecule has 0 unspecified atom stereocenters. The first-order valence-electron chi connectivity index (χ1n) is 7.88. The van der Waals surface area contributed by atoms with Gasteiger partial charge in [-0.15, -0.1) is 0 Å². The summed E-state index contributed by atoms with van der Waals surface area (Å²) in [6.07, 6.45) is 0. The summed E-state index contributed by atoms with van der Waals surface area (Å²) in [5, 5.41) is 2.50. The Bertz CT molecular complexity index is 728. The van der Waals surface area contributed by atoms with Crippen molar-refractivity contribution in [2.24, 2.45) is 0 Å². The van der Waals surface area contributed by atoms with Crippen LogP contribution in [0.4, 0.5) is 10.1 Å². The van der Waals surface area contributed by atoms with Crippen LogP contribution in [0.25, 0.3) is 0 Å². The number of anilines is 1. The molecule has 2 rings (SSSR count). The Labute approximate surface area is 145 Å². The van der Waals surface area contributed by atoms with Gasteiger partial charge in [0.25, 0.3) is 5.91 Å². The van der Waals surface area contributed by atoms with E-state index in [-0.39, 0.29) is 12.5 Å². The fourth-order valence-electron chi connectivity index (χ4n) is 2.14. The summed E-state index contributed by atoms with van der Waals surface area (Å²) in [7, 11) is 0. The van der Waals surface area contributed by atoms with E-state index in [4.69, 9.17) is 9.47 Å². The average Bonchev–Trinajstić information content (AvgIpc) is 2.60. The van der Waals surface area contributed by atoms with Crippen molar-refractivity contribution < 1.29 is 23.5 Å². The number of rotatable bonds is 7. The third-order valence-electron chi connectivity index (χ3n) is 3.38. The minimum Gasteiger partial charge on any atom is -0.482 e. The molecular weight excluding hydrogens is 325 g/mol. The molecule has 0 bridgehead atoms. The molecule has 0 aliphatic rings. The topological polar surface area (TPSA) is 64.6 Å². The Morgan fingerprint density at radius 3 is 2.40 bits per heavy atom. The molecule has 0 aliphatic heterocycles. The summed E-state index contributed by atoms with van der Waals surface area (Å²) in [6.45, 7) is 3.33. The molecule has 6 heteroatoms. The van der Waals surface area contributed by atoms with Gasteiger partial charge in [0, 0.05) is 5.69 Å². The lowest BCUT2D eigenvalue weighted by molar-refractivity contribution is -0.149. The van der Waals surface area contributed by atoms with Crippen molar-refractivity contribution in [2.75, 3.05) is 18.5 Å². The molecule has 0 saturated carbocycles. The highest BCUT2D eigenvalue weighted by Crippen LogP contribution is 2.25. The monoisotopic (exact) mass is 345 g/mol. The van der Waals surface area contributed by atoms with Crippen LogP contribution in [0, 0.1) is 5.82 Å². The molecule has 1 amide bonds. The minimum atomic E-state index is -0.646. The lowest BCUT2D eigenvalue weighted by Crippen LogP contribution is -2.23. The number of esters is 1. The van der Waals surface area contributed by atoms with E-state index in [2.05, 4.69) is 5.32 Å². The van der Waals surface area contributed by atoms with Crippen LogP contribution < -0.4 is 10.1 Å². The summed E-state index contributed by atoms with van der Waals surface area (Å²) in [4.78, 5) is 23.4. The van der Waals surface area contributed by atoms with Crippen LogP contribution in [0.3, 0.4) is 0 Å². The Morgan fingerprint density at radius 2 is 1.72 bits per heavy atom. The molecule has 0 spiro atoms. The lowest BCUT2D eigenvalue weighted by atomic mass is 10.0. The van der Waals surface area contributed by atoms with Crippen molar-refractivity contribution in [1.29, 1.82) is 0 Å². The van der Waals surface area contributed by atoms with Crippen molar-refractivity contribution in [3.8, 4) is 5.75 Å². The minimum absolute atomic E-state index is 0.258. The van der Waals surface area contributed by atoms with Crippen LogP contribution in [-0.2, 0) is 14.3 Å². The smallest absolute Gasteiger partial charge is 0.344 e. The number of amides is 1. The van der Waals surface area contributed by atoms with Gasteiger partial charge in [0.2, 0.25) is 0 Å². The zero-order chi connectivity index (χ0) is 18.2. The molecule has 0 aromatic heterocycles. The van der Waals surface area contributed by atoms with E-state index < -0.39 is 24.3 Å². The van der Waals surface area contributed by atoms with Gasteiger partial charge in [0.15, 0.2) is 13.2 Å². The van der Waals surface area contributed by atoms with Gasteiger partial charge in [-0.1, -0.05) is 32.0 Å². The maximum Gasteiger partial charge on any atom is 0.344 e. The molecule has 0 aliphatic carbocycles. The van der Waals surface area contributed by atoms with E-state index in [1.165, 1.54) is 24.3 Å². The first kappa shape index (κ1) is 18.4. The highest BCUT2D eigenvalue weighted by atomic mass is 19.1. The van der Waals surface area contributed by atoms with Crippen LogP contribution in [-0.4, -0.2) is 25.1 Å². The predicted octanol–water partition coefficient (Wildman–Crippen LogP) is 3.51. The first-order valence-corrected chi connectivity index (χ1v) is 7.88. The van der Waals surface area contributed by atoms with E-state index in [0.29, 0.717) is 11.4 Å². The van der Waals surface area contributed by atoms with Crippen LogP contribution >= 0.6 is 0 Å². The second-order valence-corrected chi connectivity index (χ2v) is 5.70. The Hall–Kier alpha value is -2.89. The Balaban J connectivity index is 1.77. The largest absolute Gasteiger partial charge is 0.482 e. The van der Waals surface area contributed by atoms with Crippen molar-refractivity contribution in [1.82, 2.24) is 0 Å². The number of benzene rings is 2. The number of para-hydroxylation sites is 1. The van der Waals surface area contributed by atoms with E-state index in [0.717, 1.165) is 5.56 Å². The number of halogens is 1. The van der Waals surface area contributed by atoms with Crippen molar-refractivity contribution in [3.05, 3.63) is 59.9 Å². The standard InChI is InChI=1S/C19H20FNO4/c1-13(2)16-5-3-4-6-17(16)24-12-19(23)25-11-18(22)21-15-9-7-14(20)8-10-15/h3-10,13H,11-12H2,1-2H3,(H,21,22). The second-order valence-electron chi connectivity index (χ2n) is 5.70. The third kappa shape index (κ3) is 5.91. The molecule has 2 aromatic rings. The Kier molecular flexibility index (Phi) is 6.51. The van der Waals surface area contributed by atoms with Crippen molar-refractivity contribution in [2.45, 2.75) is 19.8 Å². The lowest BCUT2D eigenvalue weighted by Gasteiger charge is -2.13. The maximum absolute atomic E-state index is 12.8. The summed E-state index contributed by atoms with van der Waals surface area (Å²) < 4.78 is 23.1. The van der Waals surface area contributed by atoms with E-state index in [1.54, 1.807) is 6.07 Å². The third-order valence-corrected chi connectivity index (χ3v) is 3.38. The van der Waals surface area contributed by atoms with Crippen LogP contribution in [0.1, 0.15) is 25.3 Å². The highest BCUT2D eigenvalue weighted by molar-refractivity contribution is 5.92. The fourth-order valence-corrected chi connectivity index (χ4v) is 2.14. The van der Waals surface area contributed by atoms with Gasteiger partial charge in [-0.3, -0.25) is 4.79 Å². The normalized spacial score (nSPS) is 10.4. The molecule has 1 N–H and O–H groups in total. The molecular formula is C19H20FNO4. The second kappa shape index (κ2) is 8.82. The number of hydrogen-bond donors (Lipinski definition) is 1. The number of hydrogen-bond acceptors (Lipinski definition) is 4. The summed E-state index contributed by atoms with van der Waals surface area (Å²) in [6, 6.07) is 12.7. The highest BCUT2D eigenvalue weighted by Gasteiger charge is 2.11. The van der Waals surface area contributed by atoms with E-state index >= 15 is 0 Å². The molecule has 0 heterocycles. The van der Waals surface area contributed by atoms with Gasteiger partial charge in [0.05, 0.1) is 0 Å². The Morgan fingerprint density at radius 1 is 1.04 bits per heavy atom. The van der Waals surface area contributed by atoms with E-state index in [1.807, 2.05) is 32.0 Å². The summed E-state index contributed by atoms with van der Waals surface area (Å²) in [5.41, 5.74) is 1.41. The summed E-state index contributed by atoms with van der Waals surface area (Å²) in [5.74, 6) is -0.683. The van der Waals surface area contributed by atoms with Gasteiger partial charge in [-0.2, -0.15) is 0 Å². The van der Waals surface area contributed by atoms with Crippen LogP contribution in [0.15, 0.2) is 48.5 Å². The van der Waals surface area contributed by atoms with E-state index in [9.17, 15) is 14.0 Å². The molecule has 0 atom stereocenters. The number of ether oxygens (including phenoxy) is 2. The molecule has 132 valence electrons. The predicted molar refractivity (Wildman–Crippen MR) is 92.0 cm³/mol. The molecule has 0 saturated heterocycles. The SMILES string of the molecule is CC(C)c1ccccc1OCC(=O)OCC(=O)Nc1ccc(F)cc1. The first-order chi connectivity index (χ1) is 12.0. The van der Waals surface area contributed by atoms with Crippen molar-refractivity contribution >= 4 is 17.6 Å². The number of carbonyl (C=O) groups is 2. The van der Waals surface area contributed by atoms with Gasteiger partial charge in [-0.05, 0) is 41.8 Å². The molecule has 0 radical (unpaired) electrons. The van der Waals surface area contributed by atoms with Crippen LogP contribution in [0.5, 0.6) is 5.75 Å². The average molecular weight is 345 g/mol. The zero-order valence-corrected chi connectivity index (χ0v) is 14.1. The quantitative estimate of drug-likeness (QED) is 0.780. The zero-order valence-electron chi connectivity index (χ0n) is 14.1. The van der Waals surface area contributed by atoms with Gasteiger partial charge >= 0.3 is 5.97 Å². The van der Waals surface area contributed by atoms with Gasteiger partial charge in [-0.25, -0.2) is 9.18 Å². The fraction of sp³-hybridized carbons (Fsp3) is 0.263. The molecule has 2 aromatic carbocycles. The molecule has 25 heavy (non-hydrogen) atoms. The summed E-state index contributed by atoms with van der Waals surface area (Å²) >= 11 is 0. The molecule has 0 fully saturated rings. The van der Waals surface area contributed by atoms with Crippen LogP contribution in [0.2, 0.25) is 0 Å². The van der Waals surface area contributed by atoms with Gasteiger partial charge < -0.3 is 14.8 Å². The number of carbonyl (C=O) groups excluding carboxylic acids is 2. The number of nitrogens with one attached hydrogen (secondary N) is 1. The maximum atomic E-state index is 12.8. The van der Waals surface area contributed by atoms with Crippen molar-refractivity contribution in [3.63, 3.8) is 0 Å².